The van der Waals surface area contributed by atoms with Crippen LogP contribution in [0.3, 0.4) is 0 Å². The van der Waals surface area contributed by atoms with Gasteiger partial charge >= 0.3 is 0 Å². The van der Waals surface area contributed by atoms with Crippen molar-refractivity contribution < 1.29 is 13.5 Å². The molecule has 0 spiro atoms. The lowest BCUT2D eigenvalue weighted by atomic mass is 10.2. The van der Waals surface area contributed by atoms with E-state index in [1.54, 1.807) is 24.3 Å². The Bertz CT molecular complexity index is 569. The monoisotopic (exact) mass is 251 g/mol. The highest BCUT2D eigenvalue weighted by atomic mass is 32.2. The highest BCUT2D eigenvalue weighted by Crippen LogP contribution is 2.26. The third-order valence-corrected chi connectivity index (χ3v) is 4.43. The molecule has 0 bridgehead atoms. The Hall–Kier alpha value is -1.51. The van der Waals surface area contributed by atoms with Crippen LogP contribution in [0.25, 0.3) is 0 Å². The lowest BCUT2D eigenvalue weighted by molar-refractivity contribution is 0.350. The van der Waals surface area contributed by atoms with Gasteiger partial charge in [0, 0.05) is 12.1 Å². The summed E-state index contributed by atoms with van der Waals surface area (Å²) in [5, 5.41) is 8.68. The topological polar surface area (TPSA) is 57.6 Å². The molecule has 5 heteroatoms. The fraction of sp³-hybridized carbons (Fsp3) is 0.333. The molecule has 0 unspecified atom stereocenters. The smallest absolute Gasteiger partial charge is 0.235 e. The van der Waals surface area contributed by atoms with Gasteiger partial charge < -0.3 is 5.11 Å². The van der Waals surface area contributed by atoms with E-state index in [0.29, 0.717) is 24.2 Å². The summed E-state index contributed by atoms with van der Waals surface area (Å²) in [6.45, 7) is 0.265. The molecule has 4 nitrogen and oxygen atoms in total. The average molecular weight is 251 g/mol. The van der Waals surface area contributed by atoms with Crippen molar-refractivity contribution in [3.8, 4) is 11.8 Å². The summed E-state index contributed by atoms with van der Waals surface area (Å²) in [6.07, 6.45) is 0.643. The second-order valence-electron chi connectivity index (χ2n) is 3.72. The molecule has 0 aliphatic carbocycles. The van der Waals surface area contributed by atoms with Crippen molar-refractivity contribution in [2.75, 3.05) is 23.2 Å². The molecule has 1 aliphatic heterocycles. The van der Waals surface area contributed by atoms with Gasteiger partial charge in [-0.05, 0) is 18.6 Å². The lowest BCUT2D eigenvalue weighted by Gasteiger charge is -2.18. The zero-order chi connectivity index (χ0) is 12.3. The number of hydrogen-bond donors (Lipinski definition) is 1. The molecule has 1 aromatic carbocycles. The van der Waals surface area contributed by atoms with Crippen molar-refractivity contribution in [2.24, 2.45) is 0 Å². The Labute approximate surface area is 101 Å². The fourth-order valence-corrected chi connectivity index (χ4v) is 3.42. The van der Waals surface area contributed by atoms with E-state index in [-0.39, 0.29) is 12.4 Å². The number of sulfonamides is 1. The predicted molar refractivity (Wildman–Crippen MR) is 66.2 cm³/mol. The van der Waals surface area contributed by atoms with E-state index in [1.807, 2.05) is 0 Å². The lowest BCUT2D eigenvalue weighted by Crippen LogP contribution is -2.25. The van der Waals surface area contributed by atoms with Gasteiger partial charge in [-0.25, -0.2) is 8.42 Å². The first kappa shape index (κ1) is 12.0. The number of para-hydroxylation sites is 1. The van der Waals surface area contributed by atoms with Gasteiger partial charge in [-0.3, -0.25) is 4.31 Å². The highest BCUT2D eigenvalue weighted by Gasteiger charge is 2.29. The molecule has 17 heavy (non-hydrogen) atoms. The third kappa shape index (κ3) is 2.43. The van der Waals surface area contributed by atoms with Crippen molar-refractivity contribution in [3.63, 3.8) is 0 Å². The predicted octanol–water partition coefficient (Wildman–Crippen LogP) is 0.570. The standard InChI is InChI=1S/C12H13NO3S/c14-9-3-6-11-5-1-2-7-12(11)13-8-4-10-17(13,15)16/h1-2,5,7,14H,4,8-10H2. The second kappa shape index (κ2) is 4.78. The number of rotatable bonds is 1. The van der Waals surface area contributed by atoms with Crippen molar-refractivity contribution in [2.45, 2.75) is 6.42 Å². The summed E-state index contributed by atoms with van der Waals surface area (Å²) < 4.78 is 25.0. The maximum atomic E-state index is 11.8. The van der Waals surface area contributed by atoms with Gasteiger partial charge in [0.2, 0.25) is 10.0 Å². The second-order valence-corrected chi connectivity index (χ2v) is 5.73. The summed E-state index contributed by atoms with van der Waals surface area (Å²) in [4.78, 5) is 0. The number of hydrogen-bond acceptors (Lipinski definition) is 3. The van der Waals surface area contributed by atoms with Crippen LogP contribution in [-0.4, -0.2) is 32.4 Å². The highest BCUT2D eigenvalue weighted by molar-refractivity contribution is 7.93. The quantitative estimate of drug-likeness (QED) is 0.742. The minimum atomic E-state index is -3.18. The van der Waals surface area contributed by atoms with Crippen molar-refractivity contribution in [1.82, 2.24) is 0 Å². The maximum Gasteiger partial charge on any atom is 0.235 e. The summed E-state index contributed by atoms with van der Waals surface area (Å²) in [5.41, 5.74) is 1.23. The molecule has 1 aromatic rings. The largest absolute Gasteiger partial charge is 0.384 e. The normalized spacial score (nSPS) is 17.6. The Balaban J connectivity index is 2.45. The first-order chi connectivity index (χ1) is 8.15. The molecule has 0 radical (unpaired) electrons. The van der Waals surface area contributed by atoms with Gasteiger partial charge in [0.25, 0.3) is 0 Å². The zero-order valence-corrected chi connectivity index (χ0v) is 10.1. The minimum absolute atomic E-state index is 0.189. The van der Waals surface area contributed by atoms with E-state index >= 15 is 0 Å². The van der Waals surface area contributed by atoms with Crippen LogP contribution in [0.15, 0.2) is 24.3 Å². The van der Waals surface area contributed by atoms with E-state index in [0.717, 1.165) is 0 Å². The van der Waals surface area contributed by atoms with Gasteiger partial charge in [0.15, 0.2) is 0 Å². The van der Waals surface area contributed by atoms with Crippen LogP contribution in [0.4, 0.5) is 5.69 Å². The van der Waals surface area contributed by atoms with Crippen LogP contribution >= 0.6 is 0 Å². The van der Waals surface area contributed by atoms with Crippen LogP contribution in [-0.2, 0) is 10.0 Å². The number of aliphatic hydroxyl groups is 1. The molecule has 1 N–H and O–H groups in total. The third-order valence-electron chi connectivity index (χ3n) is 2.57. The molecular weight excluding hydrogens is 238 g/mol. The van der Waals surface area contributed by atoms with E-state index in [1.165, 1.54) is 4.31 Å². The summed E-state index contributed by atoms with van der Waals surface area (Å²) in [5.74, 6) is 5.50. The maximum absolute atomic E-state index is 11.8. The minimum Gasteiger partial charge on any atom is -0.384 e. The van der Waals surface area contributed by atoms with Crippen LogP contribution in [0.1, 0.15) is 12.0 Å². The SMILES string of the molecule is O=S1(=O)CCCN1c1ccccc1C#CCO. The average Bonchev–Trinajstić information content (AvgIpc) is 2.66. The van der Waals surface area contributed by atoms with Gasteiger partial charge in [0.05, 0.1) is 11.4 Å². The molecule has 1 aliphatic rings. The van der Waals surface area contributed by atoms with Crippen molar-refractivity contribution in [3.05, 3.63) is 29.8 Å². The Morgan fingerprint density at radius 1 is 1.35 bits per heavy atom. The van der Waals surface area contributed by atoms with Gasteiger partial charge in [0.1, 0.15) is 6.61 Å². The van der Waals surface area contributed by atoms with Crippen LogP contribution in [0.2, 0.25) is 0 Å². The molecule has 2 rings (SSSR count). The van der Waals surface area contributed by atoms with Gasteiger partial charge in [-0.15, -0.1) is 0 Å². The number of nitrogens with zero attached hydrogens (tertiary/aromatic N) is 1. The molecule has 0 amide bonds. The Kier molecular flexibility index (Phi) is 3.36. The molecule has 1 saturated heterocycles. The molecule has 0 saturated carbocycles. The van der Waals surface area contributed by atoms with Gasteiger partial charge in [-0.2, -0.15) is 0 Å². The first-order valence-corrected chi connectivity index (χ1v) is 6.95. The van der Waals surface area contributed by atoms with Gasteiger partial charge in [-0.1, -0.05) is 24.0 Å². The van der Waals surface area contributed by atoms with E-state index in [9.17, 15) is 8.42 Å². The number of anilines is 1. The molecular formula is C12H13NO3S. The fourth-order valence-electron chi connectivity index (χ4n) is 1.84. The van der Waals surface area contributed by atoms with E-state index < -0.39 is 10.0 Å². The molecule has 0 aromatic heterocycles. The first-order valence-electron chi connectivity index (χ1n) is 5.34. The summed E-state index contributed by atoms with van der Waals surface area (Å²) in [7, 11) is -3.18. The van der Waals surface area contributed by atoms with Crippen molar-refractivity contribution >= 4 is 15.7 Å². The summed E-state index contributed by atoms with van der Waals surface area (Å²) in [6, 6.07) is 7.08. The number of aliphatic hydroxyl groups excluding tert-OH is 1. The van der Waals surface area contributed by atoms with Crippen LogP contribution in [0, 0.1) is 11.8 Å². The van der Waals surface area contributed by atoms with Crippen LogP contribution < -0.4 is 4.31 Å². The number of benzene rings is 1. The molecule has 1 heterocycles. The Morgan fingerprint density at radius 3 is 2.76 bits per heavy atom. The van der Waals surface area contributed by atoms with Crippen molar-refractivity contribution in [1.29, 1.82) is 0 Å². The zero-order valence-electron chi connectivity index (χ0n) is 9.26. The van der Waals surface area contributed by atoms with Crippen LogP contribution in [0.5, 0.6) is 0 Å². The Morgan fingerprint density at radius 2 is 2.12 bits per heavy atom. The van der Waals surface area contributed by atoms with E-state index in [4.69, 9.17) is 5.11 Å². The summed E-state index contributed by atoms with van der Waals surface area (Å²) >= 11 is 0. The molecule has 0 atom stereocenters. The molecule has 1 fully saturated rings. The molecule has 90 valence electrons. The van der Waals surface area contributed by atoms with E-state index in [2.05, 4.69) is 11.8 Å².